The van der Waals surface area contributed by atoms with Gasteiger partial charge < -0.3 is 19.1 Å². The molecule has 1 aromatic heterocycles. The molecule has 134 valence electrons. The number of nitrogens with zero attached hydrogens (tertiary/aromatic N) is 3. The number of rotatable bonds is 6. The van der Waals surface area contributed by atoms with Crippen LogP contribution >= 0.6 is 11.8 Å². The van der Waals surface area contributed by atoms with E-state index in [0.717, 1.165) is 29.3 Å². The van der Waals surface area contributed by atoms with E-state index in [1.807, 2.05) is 36.6 Å². The SMILES string of the molecule is CC(C)n1c(Cc2ccc3c(c2)OCCCO3)nnc1SCC(=O)O. The average molecular weight is 363 g/mol. The molecule has 1 aliphatic rings. The third-order valence-electron chi connectivity index (χ3n) is 3.75. The lowest BCUT2D eigenvalue weighted by molar-refractivity contribution is -0.133. The lowest BCUT2D eigenvalue weighted by Gasteiger charge is -2.14. The van der Waals surface area contributed by atoms with Crippen LogP contribution < -0.4 is 9.47 Å². The number of carboxylic acid groups (broad SMARTS) is 1. The summed E-state index contributed by atoms with van der Waals surface area (Å²) in [4.78, 5) is 10.8. The Morgan fingerprint density at radius 3 is 2.76 bits per heavy atom. The molecule has 0 fully saturated rings. The van der Waals surface area contributed by atoms with Crippen molar-refractivity contribution in [3.63, 3.8) is 0 Å². The van der Waals surface area contributed by atoms with Crippen LogP contribution in [0.2, 0.25) is 0 Å². The molecule has 2 heterocycles. The van der Waals surface area contributed by atoms with Crippen LogP contribution in [0.3, 0.4) is 0 Å². The van der Waals surface area contributed by atoms with Crippen LogP contribution in [0.4, 0.5) is 0 Å². The highest BCUT2D eigenvalue weighted by Gasteiger charge is 2.18. The molecule has 7 nitrogen and oxygen atoms in total. The number of carbonyl (C=O) groups is 1. The van der Waals surface area contributed by atoms with Crippen molar-refractivity contribution in [3.05, 3.63) is 29.6 Å². The van der Waals surface area contributed by atoms with E-state index in [2.05, 4.69) is 10.2 Å². The first-order valence-corrected chi connectivity index (χ1v) is 9.20. The van der Waals surface area contributed by atoms with Crippen LogP contribution in [0.25, 0.3) is 0 Å². The normalized spacial score (nSPS) is 13.7. The Kier molecular flexibility index (Phi) is 5.47. The van der Waals surface area contributed by atoms with Gasteiger partial charge in [0.1, 0.15) is 5.82 Å². The Hall–Kier alpha value is -2.22. The zero-order chi connectivity index (χ0) is 17.8. The fraction of sp³-hybridized carbons (Fsp3) is 0.471. The van der Waals surface area contributed by atoms with Gasteiger partial charge in [-0.3, -0.25) is 4.79 Å². The Morgan fingerprint density at radius 2 is 2.04 bits per heavy atom. The number of aliphatic carboxylic acids is 1. The van der Waals surface area contributed by atoms with E-state index in [9.17, 15) is 4.79 Å². The first kappa shape index (κ1) is 17.6. The number of fused-ring (bicyclic) bond motifs is 1. The predicted molar refractivity (Wildman–Crippen MR) is 93.6 cm³/mol. The van der Waals surface area contributed by atoms with Crippen molar-refractivity contribution in [1.82, 2.24) is 14.8 Å². The summed E-state index contributed by atoms with van der Waals surface area (Å²) in [5.41, 5.74) is 1.05. The van der Waals surface area contributed by atoms with E-state index in [1.54, 1.807) is 0 Å². The van der Waals surface area contributed by atoms with Crippen LogP contribution in [0, 0.1) is 0 Å². The molecular weight excluding hydrogens is 342 g/mol. The lowest BCUT2D eigenvalue weighted by Crippen LogP contribution is -2.09. The van der Waals surface area contributed by atoms with Crippen LogP contribution in [-0.2, 0) is 11.2 Å². The van der Waals surface area contributed by atoms with Gasteiger partial charge in [0.05, 0.1) is 19.0 Å². The summed E-state index contributed by atoms with van der Waals surface area (Å²) < 4.78 is 13.4. The third kappa shape index (κ3) is 4.25. The topological polar surface area (TPSA) is 86.5 Å². The van der Waals surface area contributed by atoms with Crippen molar-refractivity contribution < 1.29 is 19.4 Å². The monoisotopic (exact) mass is 363 g/mol. The minimum absolute atomic E-state index is 0.0329. The maximum atomic E-state index is 10.8. The molecule has 0 aliphatic carbocycles. The molecule has 0 saturated heterocycles. The summed E-state index contributed by atoms with van der Waals surface area (Å²) >= 11 is 1.19. The van der Waals surface area contributed by atoms with Crippen LogP contribution in [0.15, 0.2) is 23.4 Å². The van der Waals surface area contributed by atoms with Crippen molar-refractivity contribution in [2.45, 2.75) is 37.9 Å². The van der Waals surface area contributed by atoms with Gasteiger partial charge in [0.2, 0.25) is 0 Å². The fourth-order valence-corrected chi connectivity index (χ4v) is 3.48. The van der Waals surface area contributed by atoms with Gasteiger partial charge in [-0.15, -0.1) is 10.2 Å². The summed E-state index contributed by atoms with van der Waals surface area (Å²) in [6.07, 6.45) is 1.46. The van der Waals surface area contributed by atoms with Crippen LogP contribution in [0.1, 0.15) is 37.7 Å². The van der Waals surface area contributed by atoms with E-state index in [-0.39, 0.29) is 11.8 Å². The number of hydrogen-bond donors (Lipinski definition) is 1. The molecular formula is C17H21N3O4S. The van der Waals surface area contributed by atoms with Gasteiger partial charge in [-0.1, -0.05) is 17.8 Å². The Balaban J connectivity index is 1.82. The second-order valence-corrected chi connectivity index (χ2v) is 7.00. The van der Waals surface area contributed by atoms with E-state index in [1.165, 1.54) is 11.8 Å². The smallest absolute Gasteiger partial charge is 0.313 e. The molecule has 0 radical (unpaired) electrons. The molecule has 0 atom stereocenters. The van der Waals surface area contributed by atoms with Gasteiger partial charge in [0.15, 0.2) is 16.7 Å². The first-order valence-electron chi connectivity index (χ1n) is 8.21. The third-order valence-corrected chi connectivity index (χ3v) is 4.68. The number of aromatic nitrogens is 3. The first-order chi connectivity index (χ1) is 12.0. The number of carboxylic acids is 1. The molecule has 1 aliphatic heterocycles. The van der Waals surface area contributed by atoms with Crippen molar-refractivity contribution in [2.75, 3.05) is 19.0 Å². The Bertz CT molecular complexity index is 760. The summed E-state index contributed by atoms with van der Waals surface area (Å²) in [5, 5.41) is 17.9. The average Bonchev–Trinajstić information content (AvgIpc) is 2.81. The number of hydrogen-bond acceptors (Lipinski definition) is 6. The van der Waals surface area contributed by atoms with Crippen molar-refractivity contribution in [2.24, 2.45) is 0 Å². The highest BCUT2D eigenvalue weighted by Crippen LogP contribution is 2.31. The largest absolute Gasteiger partial charge is 0.490 e. The van der Waals surface area contributed by atoms with Crippen LogP contribution in [-0.4, -0.2) is 44.8 Å². The zero-order valence-electron chi connectivity index (χ0n) is 14.3. The summed E-state index contributed by atoms with van der Waals surface area (Å²) in [7, 11) is 0. The number of thioether (sulfide) groups is 1. The second kappa shape index (κ2) is 7.77. The molecule has 0 amide bonds. The summed E-state index contributed by atoms with van der Waals surface area (Å²) in [5.74, 6) is 1.43. The molecule has 0 bridgehead atoms. The minimum Gasteiger partial charge on any atom is -0.490 e. The molecule has 8 heteroatoms. The highest BCUT2D eigenvalue weighted by molar-refractivity contribution is 7.99. The van der Waals surface area contributed by atoms with E-state index >= 15 is 0 Å². The standard InChI is InChI=1S/C17H21N3O4S/c1-11(2)20-15(18-19-17(20)25-10-16(21)22)9-12-4-5-13-14(8-12)24-7-3-6-23-13/h4-5,8,11H,3,6-7,9-10H2,1-2H3,(H,21,22). The van der Waals surface area contributed by atoms with Gasteiger partial charge in [-0.2, -0.15) is 0 Å². The summed E-state index contributed by atoms with van der Waals surface area (Å²) in [6, 6.07) is 6.04. The minimum atomic E-state index is -0.868. The molecule has 1 aromatic carbocycles. The van der Waals surface area contributed by atoms with Gasteiger partial charge in [-0.05, 0) is 31.5 Å². The maximum absolute atomic E-state index is 10.8. The molecule has 2 aromatic rings. The van der Waals surface area contributed by atoms with Crippen molar-refractivity contribution in [1.29, 1.82) is 0 Å². The van der Waals surface area contributed by atoms with Gasteiger partial charge in [-0.25, -0.2) is 0 Å². The van der Waals surface area contributed by atoms with Crippen LogP contribution in [0.5, 0.6) is 11.5 Å². The summed E-state index contributed by atoms with van der Waals surface area (Å²) in [6.45, 7) is 5.38. The predicted octanol–water partition coefficient (Wildman–Crippen LogP) is 2.79. The lowest BCUT2D eigenvalue weighted by atomic mass is 10.1. The molecule has 0 saturated carbocycles. The molecule has 3 rings (SSSR count). The second-order valence-electron chi connectivity index (χ2n) is 6.05. The fourth-order valence-electron chi connectivity index (χ4n) is 2.67. The number of benzene rings is 1. The number of ether oxygens (including phenoxy) is 2. The molecule has 0 unspecified atom stereocenters. The van der Waals surface area contributed by atoms with E-state index < -0.39 is 5.97 Å². The van der Waals surface area contributed by atoms with Crippen molar-refractivity contribution in [3.8, 4) is 11.5 Å². The van der Waals surface area contributed by atoms with E-state index in [0.29, 0.717) is 24.8 Å². The Morgan fingerprint density at radius 1 is 1.28 bits per heavy atom. The van der Waals surface area contributed by atoms with E-state index in [4.69, 9.17) is 14.6 Å². The zero-order valence-corrected chi connectivity index (χ0v) is 15.1. The Labute approximate surface area is 150 Å². The van der Waals surface area contributed by atoms with Gasteiger partial charge in [0, 0.05) is 18.9 Å². The highest BCUT2D eigenvalue weighted by atomic mass is 32.2. The van der Waals surface area contributed by atoms with Gasteiger partial charge in [0.25, 0.3) is 0 Å². The van der Waals surface area contributed by atoms with Crippen molar-refractivity contribution >= 4 is 17.7 Å². The maximum Gasteiger partial charge on any atom is 0.313 e. The molecule has 0 spiro atoms. The molecule has 1 N–H and O–H groups in total. The molecule has 25 heavy (non-hydrogen) atoms. The quantitative estimate of drug-likeness (QED) is 0.790. The van der Waals surface area contributed by atoms with Gasteiger partial charge >= 0.3 is 5.97 Å².